The van der Waals surface area contributed by atoms with E-state index in [0.717, 1.165) is 19.3 Å². The summed E-state index contributed by atoms with van der Waals surface area (Å²) in [6, 6.07) is 4.67. The van der Waals surface area contributed by atoms with Crippen LogP contribution < -0.4 is 5.32 Å². The molecule has 1 fully saturated rings. The molecule has 8 nitrogen and oxygen atoms in total. The molecule has 1 amide bonds. The second-order valence-electron chi connectivity index (χ2n) is 7.66. The first-order valence-electron chi connectivity index (χ1n) is 9.35. The molecule has 0 bridgehead atoms. The summed E-state index contributed by atoms with van der Waals surface area (Å²) in [5, 5.41) is 6.74. The van der Waals surface area contributed by atoms with Gasteiger partial charge in [0.05, 0.1) is 10.4 Å². The average Bonchev–Trinajstić information content (AvgIpc) is 3.09. The van der Waals surface area contributed by atoms with Gasteiger partial charge in [0.25, 0.3) is 5.91 Å². The summed E-state index contributed by atoms with van der Waals surface area (Å²) in [7, 11) is -3.61. The molecule has 0 saturated carbocycles. The Morgan fingerprint density at radius 1 is 1.18 bits per heavy atom. The SMILES string of the molecule is Cc1nc(C(C)(C)NC(=O)c2cc(S(=O)(=O)N3CCCCC3)ccc2C)no1. The monoisotopic (exact) mass is 406 g/mol. The first kappa shape index (κ1) is 20.5. The van der Waals surface area contributed by atoms with E-state index < -0.39 is 15.6 Å². The second-order valence-corrected chi connectivity index (χ2v) is 9.60. The Hall–Kier alpha value is -2.26. The second kappa shape index (κ2) is 7.63. The summed E-state index contributed by atoms with van der Waals surface area (Å²) in [6.45, 7) is 8.01. The quantitative estimate of drug-likeness (QED) is 0.818. The Balaban J connectivity index is 1.87. The minimum Gasteiger partial charge on any atom is -0.340 e. The first-order valence-corrected chi connectivity index (χ1v) is 10.8. The highest BCUT2D eigenvalue weighted by molar-refractivity contribution is 7.89. The zero-order valence-corrected chi connectivity index (χ0v) is 17.5. The molecule has 1 aliphatic rings. The number of aromatic nitrogens is 2. The lowest BCUT2D eigenvalue weighted by molar-refractivity contribution is 0.0906. The van der Waals surface area contributed by atoms with Crippen LogP contribution in [0.3, 0.4) is 0 Å². The molecule has 0 atom stereocenters. The fourth-order valence-electron chi connectivity index (χ4n) is 3.22. The molecular weight excluding hydrogens is 380 g/mol. The van der Waals surface area contributed by atoms with Gasteiger partial charge in [-0.15, -0.1) is 0 Å². The van der Waals surface area contributed by atoms with E-state index in [1.165, 1.54) is 10.4 Å². The molecule has 2 heterocycles. The number of hydrogen-bond donors (Lipinski definition) is 1. The van der Waals surface area contributed by atoms with Gasteiger partial charge in [0.2, 0.25) is 15.9 Å². The molecule has 0 unspecified atom stereocenters. The van der Waals surface area contributed by atoms with Crippen LogP contribution >= 0.6 is 0 Å². The van der Waals surface area contributed by atoms with Crippen molar-refractivity contribution in [3.63, 3.8) is 0 Å². The predicted molar refractivity (Wildman–Crippen MR) is 103 cm³/mol. The van der Waals surface area contributed by atoms with Gasteiger partial charge in [0, 0.05) is 25.6 Å². The van der Waals surface area contributed by atoms with Gasteiger partial charge in [-0.1, -0.05) is 17.6 Å². The Morgan fingerprint density at radius 3 is 2.46 bits per heavy atom. The van der Waals surface area contributed by atoms with E-state index in [1.54, 1.807) is 39.8 Å². The Labute approximate surface area is 165 Å². The van der Waals surface area contributed by atoms with Gasteiger partial charge in [-0.05, 0) is 51.3 Å². The molecular formula is C19H26N4O4S. The summed E-state index contributed by atoms with van der Waals surface area (Å²) in [5.41, 5.74) is 0.129. The maximum atomic E-state index is 12.9. The molecule has 1 N–H and O–H groups in total. The molecule has 9 heteroatoms. The first-order chi connectivity index (χ1) is 13.1. The van der Waals surface area contributed by atoms with E-state index in [0.29, 0.717) is 35.9 Å². The van der Waals surface area contributed by atoms with Crippen molar-refractivity contribution in [2.75, 3.05) is 13.1 Å². The number of nitrogens with zero attached hydrogens (tertiary/aromatic N) is 3. The fourth-order valence-corrected chi connectivity index (χ4v) is 4.76. The number of carbonyl (C=O) groups is 1. The van der Waals surface area contributed by atoms with E-state index in [9.17, 15) is 13.2 Å². The summed E-state index contributed by atoms with van der Waals surface area (Å²) in [5.74, 6) is 0.372. The number of rotatable bonds is 5. The van der Waals surface area contributed by atoms with Gasteiger partial charge in [-0.3, -0.25) is 4.79 Å². The zero-order valence-electron chi connectivity index (χ0n) is 16.7. The average molecular weight is 407 g/mol. The van der Waals surface area contributed by atoms with E-state index in [2.05, 4.69) is 15.5 Å². The minimum atomic E-state index is -3.61. The molecule has 0 radical (unpaired) electrons. The number of piperidine rings is 1. The van der Waals surface area contributed by atoms with Gasteiger partial charge in [-0.2, -0.15) is 9.29 Å². The molecule has 1 aromatic carbocycles. The normalized spacial score (nSPS) is 16.1. The Bertz CT molecular complexity index is 976. The highest BCUT2D eigenvalue weighted by Crippen LogP contribution is 2.24. The highest BCUT2D eigenvalue weighted by atomic mass is 32.2. The van der Waals surface area contributed by atoms with Gasteiger partial charge < -0.3 is 9.84 Å². The van der Waals surface area contributed by atoms with Crippen LogP contribution in [0, 0.1) is 13.8 Å². The molecule has 1 saturated heterocycles. The summed E-state index contributed by atoms with van der Waals surface area (Å²) in [6.07, 6.45) is 2.76. The summed E-state index contributed by atoms with van der Waals surface area (Å²) in [4.78, 5) is 17.2. The maximum Gasteiger partial charge on any atom is 0.252 e. The third kappa shape index (κ3) is 4.10. The molecule has 1 aliphatic heterocycles. The highest BCUT2D eigenvalue weighted by Gasteiger charge is 2.31. The number of benzene rings is 1. The van der Waals surface area contributed by atoms with E-state index in [1.807, 2.05) is 0 Å². The molecule has 0 spiro atoms. The van der Waals surface area contributed by atoms with Gasteiger partial charge >= 0.3 is 0 Å². The van der Waals surface area contributed by atoms with E-state index in [-0.39, 0.29) is 10.8 Å². The number of sulfonamides is 1. The molecule has 2 aromatic rings. The van der Waals surface area contributed by atoms with E-state index >= 15 is 0 Å². The van der Waals surface area contributed by atoms with Crippen molar-refractivity contribution in [2.45, 2.75) is 57.4 Å². The van der Waals surface area contributed by atoms with Gasteiger partial charge in [0.1, 0.15) is 0 Å². The molecule has 28 heavy (non-hydrogen) atoms. The molecule has 1 aromatic heterocycles. The van der Waals surface area contributed by atoms with Crippen LogP contribution in [0.5, 0.6) is 0 Å². The number of nitrogens with one attached hydrogen (secondary N) is 1. The third-order valence-electron chi connectivity index (χ3n) is 4.92. The van der Waals surface area contributed by atoms with E-state index in [4.69, 9.17) is 4.52 Å². The smallest absolute Gasteiger partial charge is 0.252 e. The lowest BCUT2D eigenvalue weighted by atomic mass is 10.0. The van der Waals surface area contributed by atoms with Crippen LogP contribution in [-0.2, 0) is 15.6 Å². The fraction of sp³-hybridized carbons (Fsp3) is 0.526. The van der Waals surface area contributed by atoms with Crippen LogP contribution in [-0.4, -0.2) is 41.9 Å². The van der Waals surface area contributed by atoms with Gasteiger partial charge in [-0.25, -0.2) is 8.42 Å². The topological polar surface area (TPSA) is 105 Å². The van der Waals surface area contributed by atoms with Crippen molar-refractivity contribution < 1.29 is 17.7 Å². The van der Waals surface area contributed by atoms with Crippen molar-refractivity contribution >= 4 is 15.9 Å². The number of aryl methyl sites for hydroxylation is 2. The van der Waals surface area contributed by atoms with Crippen molar-refractivity contribution in [1.29, 1.82) is 0 Å². The number of hydrogen-bond acceptors (Lipinski definition) is 6. The van der Waals surface area contributed by atoms with Crippen molar-refractivity contribution in [1.82, 2.24) is 19.8 Å². The summed E-state index contributed by atoms with van der Waals surface area (Å²) >= 11 is 0. The summed E-state index contributed by atoms with van der Waals surface area (Å²) < 4.78 is 32.4. The number of amides is 1. The van der Waals surface area contributed by atoms with Crippen LogP contribution in [0.25, 0.3) is 0 Å². The van der Waals surface area contributed by atoms with Crippen molar-refractivity contribution in [3.8, 4) is 0 Å². The largest absolute Gasteiger partial charge is 0.340 e. The number of carbonyl (C=O) groups excluding carboxylic acids is 1. The maximum absolute atomic E-state index is 12.9. The third-order valence-corrected chi connectivity index (χ3v) is 6.81. The van der Waals surface area contributed by atoms with Crippen LogP contribution in [0.4, 0.5) is 0 Å². The molecule has 3 rings (SSSR count). The minimum absolute atomic E-state index is 0.137. The Kier molecular flexibility index (Phi) is 5.58. The van der Waals surface area contributed by atoms with Crippen molar-refractivity contribution in [2.24, 2.45) is 0 Å². The van der Waals surface area contributed by atoms with Crippen LogP contribution in [0.1, 0.15) is 60.7 Å². The molecule has 152 valence electrons. The Morgan fingerprint density at radius 2 is 1.86 bits per heavy atom. The zero-order chi connectivity index (χ0) is 20.5. The molecule has 0 aliphatic carbocycles. The van der Waals surface area contributed by atoms with Gasteiger partial charge in [0.15, 0.2) is 5.82 Å². The predicted octanol–water partition coefficient (Wildman–Crippen LogP) is 2.53. The standard InChI is InChI=1S/C19H26N4O4S/c1-13-8-9-15(28(25,26)23-10-6-5-7-11-23)12-16(13)17(24)21-19(3,4)18-20-14(2)27-22-18/h8-9,12H,5-7,10-11H2,1-4H3,(H,21,24). The lowest BCUT2D eigenvalue weighted by Gasteiger charge is -2.26. The van der Waals surface area contributed by atoms with Crippen molar-refractivity contribution in [3.05, 3.63) is 41.0 Å². The van der Waals surface area contributed by atoms with Crippen LogP contribution in [0.2, 0.25) is 0 Å². The van der Waals surface area contributed by atoms with Crippen LogP contribution in [0.15, 0.2) is 27.6 Å². The lowest BCUT2D eigenvalue weighted by Crippen LogP contribution is -2.42.